The molecule has 4 aromatic rings. The van der Waals surface area contributed by atoms with Crippen LogP contribution in [0.25, 0.3) is 28.1 Å². The lowest BCUT2D eigenvalue weighted by molar-refractivity contribution is -0.153. The number of aryl methyl sites for hydroxylation is 1. The van der Waals surface area contributed by atoms with Gasteiger partial charge >= 0.3 is 6.18 Å². The van der Waals surface area contributed by atoms with Crippen molar-refractivity contribution in [2.45, 2.75) is 13.1 Å². The number of hydrogen-bond donors (Lipinski definition) is 0. The molecule has 1 aromatic carbocycles. The Morgan fingerprint density at radius 2 is 1.92 bits per heavy atom. The first kappa shape index (κ1) is 15.3. The number of nitrogens with zero attached hydrogens (tertiary/aromatic N) is 6. The second kappa shape index (κ2) is 5.40. The highest BCUT2D eigenvalue weighted by Crippen LogP contribution is 2.29. The lowest BCUT2D eigenvalue weighted by Crippen LogP contribution is -2.20. The molecule has 0 radical (unpaired) electrons. The highest BCUT2D eigenvalue weighted by atomic mass is 19.4. The number of halogens is 3. The highest BCUT2D eigenvalue weighted by Gasteiger charge is 2.29. The Bertz CT molecular complexity index is 1070. The van der Waals surface area contributed by atoms with Crippen LogP contribution < -0.4 is 4.74 Å². The molecule has 3 heterocycles. The minimum Gasteiger partial charge on any atom is -0.467 e. The van der Waals surface area contributed by atoms with E-state index in [1.165, 1.54) is 4.52 Å². The van der Waals surface area contributed by atoms with Crippen molar-refractivity contribution in [2.75, 3.05) is 6.61 Å². The molecule has 3 aromatic heterocycles. The third kappa shape index (κ3) is 2.73. The third-order valence-electron chi connectivity index (χ3n) is 3.33. The van der Waals surface area contributed by atoms with Crippen LogP contribution >= 0.6 is 0 Å². The summed E-state index contributed by atoms with van der Waals surface area (Å²) in [5, 5.41) is 16.8. The Morgan fingerprint density at radius 3 is 2.60 bits per heavy atom. The molecular weight excluding hydrogens is 341 g/mol. The Morgan fingerprint density at radius 1 is 1.16 bits per heavy atom. The molecule has 0 bridgehead atoms. The molecule has 0 unspecified atom stereocenters. The molecule has 128 valence electrons. The largest absolute Gasteiger partial charge is 0.467 e. The molecule has 4 rings (SSSR count). The summed E-state index contributed by atoms with van der Waals surface area (Å²) < 4.78 is 48.6. The van der Waals surface area contributed by atoms with Gasteiger partial charge in [0, 0.05) is 17.7 Å². The van der Waals surface area contributed by atoms with E-state index in [2.05, 4.69) is 25.4 Å². The van der Waals surface area contributed by atoms with Crippen molar-refractivity contribution in [1.82, 2.24) is 30.0 Å². The van der Waals surface area contributed by atoms with Crippen LogP contribution in [-0.2, 0) is 0 Å². The Labute approximate surface area is 137 Å². The van der Waals surface area contributed by atoms with Crippen molar-refractivity contribution in [3.63, 3.8) is 0 Å². The van der Waals surface area contributed by atoms with E-state index in [9.17, 15) is 13.2 Å². The van der Waals surface area contributed by atoms with E-state index in [4.69, 9.17) is 9.26 Å². The summed E-state index contributed by atoms with van der Waals surface area (Å²) in [4.78, 5) is 4.04. The molecule has 11 heteroatoms. The number of fused-ring (bicyclic) bond motifs is 3. The molecule has 0 N–H and O–H groups in total. The zero-order valence-electron chi connectivity index (χ0n) is 12.7. The first-order chi connectivity index (χ1) is 11.9. The van der Waals surface area contributed by atoms with Crippen molar-refractivity contribution in [3.05, 3.63) is 30.2 Å². The van der Waals surface area contributed by atoms with Gasteiger partial charge in [-0.25, -0.2) is 0 Å². The zero-order valence-corrected chi connectivity index (χ0v) is 12.7. The first-order valence-corrected chi connectivity index (χ1v) is 7.07. The van der Waals surface area contributed by atoms with Crippen LogP contribution in [0.3, 0.4) is 0 Å². The standard InChI is InChI=1S/C14H9F3N6O2/c1-7-18-10(22-25-7)12-20-19-11-8-4-2-3-5-9(8)13(21-23(11)12)24-6-14(15,16)17/h2-5H,6H2,1H3. The van der Waals surface area contributed by atoms with Crippen LogP contribution in [0.15, 0.2) is 28.8 Å². The molecular formula is C14H9F3N6O2. The maximum absolute atomic E-state index is 12.5. The average Bonchev–Trinajstić information content (AvgIpc) is 3.17. The predicted octanol–water partition coefficient (Wildman–Crippen LogP) is 2.58. The molecule has 0 saturated carbocycles. The van der Waals surface area contributed by atoms with Crippen LogP contribution in [0.4, 0.5) is 13.2 Å². The summed E-state index contributed by atoms with van der Waals surface area (Å²) in [5.74, 6) is 0.367. The lowest BCUT2D eigenvalue weighted by atomic mass is 10.2. The third-order valence-corrected chi connectivity index (χ3v) is 3.33. The quantitative estimate of drug-likeness (QED) is 0.561. The number of benzene rings is 1. The van der Waals surface area contributed by atoms with Gasteiger partial charge in [-0.05, 0) is 6.07 Å². The van der Waals surface area contributed by atoms with Crippen molar-refractivity contribution in [1.29, 1.82) is 0 Å². The molecule has 0 aliphatic heterocycles. The molecule has 0 aliphatic rings. The summed E-state index contributed by atoms with van der Waals surface area (Å²) in [5.41, 5.74) is 0.340. The van der Waals surface area contributed by atoms with E-state index in [1.807, 2.05) is 0 Å². The van der Waals surface area contributed by atoms with Crippen LogP contribution in [-0.4, -0.2) is 42.7 Å². The molecule has 25 heavy (non-hydrogen) atoms. The average molecular weight is 350 g/mol. The predicted molar refractivity (Wildman–Crippen MR) is 77.9 cm³/mol. The summed E-state index contributed by atoms with van der Waals surface area (Å²) in [7, 11) is 0. The van der Waals surface area contributed by atoms with Crippen LogP contribution in [0.1, 0.15) is 5.89 Å². The minimum atomic E-state index is -4.49. The zero-order chi connectivity index (χ0) is 17.6. The summed E-state index contributed by atoms with van der Waals surface area (Å²) in [6.07, 6.45) is -4.49. The minimum absolute atomic E-state index is 0.120. The Kier molecular flexibility index (Phi) is 3.30. The van der Waals surface area contributed by atoms with Gasteiger partial charge in [0.25, 0.3) is 0 Å². The lowest BCUT2D eigenvalue weighted by Gasteiger charge is -2.11. The topological polar surface area (TPSA) is 91.2 Å². The van der Waals surface area contributed by atoms with E-state index in [-0.39, 0.29) is 17.5 Å². The second-order valence-electron chi connectivity index (χ2n) is 5.15. The van der Waals surface area contributed by atoms with Gasteiger partial charge in [-0.1, -0.05) is 23.4 Å². The fourth-order valence-electron chi connectivity index (χ4n) is 2.34. The summed E-state index contributed by atoms with van der Waals surface area (Å²) in [6.45, 7) is 0.134. The van der Waals surface area contributed by atoms with Gasteiger partial charge in [-0.3, -0.25) is 0 Å². The fourth-order valence-corrected chi connectivity index (χ4v) is 2.34. The molecule has 0 aliphatic carbocycles. The number of aromatic nitrogens is 6. The maximum Gasteiger partial charge on any atom is 0.422 e. The number of alkyl halides is 3. The van der Waals surface area contributed by atoms with Gasteiger partial charge < -0.3 is 9.26 Å². The van der Waals surface area contributed by atoms with Gasteiger partial charge in [0.05, 0.1) is 0 Å². The fraction of sp³-hybridized carbons (Fsp3) is 0.214. The number of ether oxygens (including phenoxy) is 1. The SMILES string of the molecule is Cc1nc(-c2nnc3c4ccccc4c(OCC(F)(F)F)nn23)no1. The summed E-state index contributed by atoms with van der Waals surface area (Å²) in [6, 6.07) is 6.68. The van der Waals surface area contributed by atoms with Gasteiger partial charge in [-0.15, -0.1) is 15.3 Å². The molecule has 0 spiro atoms. The van der Waals surface area contributed by atoms with Gasteiger partial charge in [-0.2, -0.15) is 22.7 Å². The maximum atomic E-state index is 12.5. The molecule has 8 nitrogen and oxygen atoms in total. The van der Waals surface area contributed by atoms with Gasteiger partial charge in [0.15, 0.2) is 12.3 Å². The molecule has 0 amide bonds. The van der Waals surface area contributed by atoms with Gasteiger partial charge in [0.2, 0.25) is 23.4 Å². The highest BCUT2D eigenvalue weighted by molar-refractivity contribution is 5.96. The summed E-state index contributed by atoms with van der Waals surface area (Å²) >= 11 is 0. The van der Waals surface area contributed by atoms with Crippen LogP contribution in [0.2, 0.25) is 0 Å². The van der Waals surface area contributed by atoms with E-state index in [0.717, 1.165) is 0 Å². The second-order valence-corrected chi connectivity index (χ2v) is 5.15. The van der Waals surface area contributed by atoms with Crippen LogP contribution in [0.5, 0.6) is 5.88 Å². The van der Waals surface area contributed by atoms with Crippen molar-refractivity contribution < 1.29 is 22.4 Å². The van der Waals surface area contributed by atoms with E-state index < -0.39 is 12.8 Å². The van der Waals surface area contributed by atoms with E-state index in [1.54, 1.807) is 31.2 Å². The van der Waals surface area contributed by atoms with Gasteiger partial charge in [0.1, 0.15) is 0 Å². The van der Waals surface area contributed by atoms with Crippen molar-refractivity contribution >= 4 is 16.4 Å². The van der Waals surface area contributed by atoms with Crippen molar-refractivity contribution in [3.8, 4) is 17.5 Å². The number of rotatable bonds is 3. The van der Waals surface area contributed by atoms with E-state index >= 15 is 0 Å². The normalized spacial score (nSPS) is 12.2. The van der Waals surface area contributed by atoms with Crippen LogP contribution in [0, 0.1) is 6.92 Å². The number of hydrogen-bond acceptors (Lipinski definition) is 7. The smallest absolute Gasteiger partial charge is 0.422 e. The first-order valence-electron chi connectivity index (χ1n) is 7.07. The van der Waals surface area contributed by atoms with E-state index in [0.29, 0.717) is 22.3 Å². The Balaban J connectivity index is 1.93. The monoisotopic (exact) mass is 350 g/mol. The molecule has 0 fully saturated rings. The molecule has 0 saturated heterocycles. The molecule has 0 atom stereocenters. The van der Waals surface area contributed by atoms with Crippen molar-refractivity contribution in [2.24, 2.45) is 0 Å². The Hall–Kier alpha value is -3.24.